The maximum Gasteiger partial charge on any atom is 0.138 e. The van der Waals surface area contributed by atoms with Crippen LogP contribution < -0.4 is 0 Å². The van der Waals surface area contributed by atoms with Gasteiger partial charge in [-0.05, 0) is 132 Å². The van der Waals surface area contributed by atoms with Crippen LogP contribution in [-0.2, 0) is 4.74 Å². The molecule has 0 saturated heterocycles. The van der Waals surface area contributed by atoms with Gasteiger partial charge in [0.05, 0.1) is 19.5 Å². The van der Waals surface area contributed by atoms with Gasteiger partial charge < -0.3 is 4.74 Å². The number of hydrogen-bond acceptors (Lipinski definition) is 4. The highest BCUT2D eigenvalue weighted by Crippen LogP contribution is 2.30. The lowest BCUT2D eigenvalue weighted by Gasteiger charge is -2.10. The predicted octanol–water partition coefficient (Wildman–Crippen LogP) is 11.7. The van der Waals surface area contributed by atoms with Gasteiger partial charge in [-0.2, -0.15) is 0 Å². The Labute approximate surface area is 251 Å². The molecular formula is C27H22Br3F3OS3. The summed E-state index contributed by atoms with van der Waals surface area (Å²) in [7, 11) is 0. The summed E-state index contributed by atoms with van der Waals surface area (Å²) in [6.07, 6.45) is 0.226. The summed E-state index contributed by atoms with van der Waals surface area (Å²) in [5.74, 6) is 0.260. The van der Waals surface area contributed by atoms with Crippen LogP contribution in [0.2, 0.25) is 0 Å². The summed E-state index contributed by atoms with van der Waals surface area (Å²) in [4.78, 5) is 1.05. The maximum atomic E-state index is 12.9. The van der Waals surface area contributed by atoms with Crippen LogP contribution in [0, 0.1) is 17.5 Å². The van der Waals surface area contributed by atoms with Crippen LogP contribution in [0.15, 0.2) is 83.7 Å². The molecule has 0 bridgehead atoms. The number of rotatable bonds is 5. The molecule has 0 amide bonds. The standard InChI is InChI=1S/C11H14BrFOS.2C8H4BrFS/c1-3-14-8(2)7-15-9-4-5-11(13)10(12)6-9;9-6-4-8-5(1-2-11-8)3-7(6)10;9-8-5-3-4-11-7(5)2-1-6(8)10/h4-6,8H,3,7H2,1-2H3;2*1-4H. The van der Waals surface area contributed by atoms with Gasteiger partial charge >= 0.3 is 0 Å². The van der Waals surface area contributed by atoms with Crippen LogP contribution in [-0.4, -0.2) is 18.5 Å². The topological polar surface area (TPSA) is 9.23 Å². The van der Waals surface area contributed by atoms with E-state index >= 15 is 0 Å². The van der Waals surface area contributed by atoms with Crippen molar-refractivity contribution in [3.05, 3.63) is 96.2 Å². The molecule has 0 radical (unpaired) electrons. The molecule has 196 valence electrons. The van der Waals surface area contributed by atoms with Crippen LogP contribution in [0.25, 0.3) is 20.2 Å². The molecule has 5 aromatic rings. The molecule has 0 aliphatic carbocycles. The van der Waals surface area contributed by atoms with Gasteiger partial charge in [0.2, 0.25) is 0 Å². The van der Waals surface area contributed by atoms with Gasteiger partial charge in [-0.3, -0.25) is 0 Å². The highest BCUT2D eigenvalue weighted by atomic mass is 79.9. The number of thiophene rings is 2. The molecule has 0 aliphatic heterocycles. The lowest BCUT2D eigenvalue weighted by Crippen LogP contribution is -2.10. The summed E-state index contributed by atoms with van der Waals surface area (Å²) in [6, 6.07) is 15.5. The van der Waals surface area contributed by atoms with E-state index in [9.17, 15) is 13.2 Å². The first-order valence-electron chi connectivity index (χ1n) is 11.0. The van der Waals surface area contributed by atoms with Crippen molar-refractivity contribution < 1.29 is 17.9 Å². The van der Waals surface area contributed by atoms with E-state index in [2.05, 4.69) is 47.8 Å². The second-order valence-corrected chi connectivity index (χ2v) is 13.1. The van der Waals surface area contributed by atoms with Crippen LogP contribution in [0.4, 0.5) is 13.2 Å². The molecular weight excluding hydrogens is 733 g/mol. The third kappa shape index (κ3) is 9.08. The van der Waals surface area contributed by atoms with E-state index in [4.69, 9.17) is 4.74 Å². The lowest BCUT2D eigenvalue weighted by atomic mass is 10.3. The molecule has 0 fully saturated rings. The second-order valence-electron chi connectivity index (χ2n) is 7.57. The number of hydrogen-bond donors (Lipinski definition) is 0. The van der Waals surface area contributed by atoms with Crippen molar-refractivity contribution in [3.63, 3.8) is 0 Å². The Morgan fingerprint density at radius 1 is 0.811 bits per heavy atom. The minimum atomic E-state index is -0.225. The molecule has 3 aromatic carbocycles. The molecule has 10 heteroatoms. The molecule has 37 heavy (non-hydrogen) atoms. The summed E-state index contributed by atoms with van der Waals surface area (Å²) in [5.41, 5.74) is 0. The first-order chi connectivity index (χ1) is 17.7. The van der Waals surface area contributed by atoms with Crippen molar-refractivity contribution in [3.8, 4) is 0 Å². The fourth-order valence-corrected chi connectivity index (χ4v) is 7.18. The summed E-state index contributed by atoms with van der Waals surface area (Å²) in [6.45, 7) is 4.75. The third-order valence-corrected chi connectivity index (χ3v) is 9.85. The van der Waals surface area contributed by atoms with Crippen LogP contribution in [0.3, 0.4) is 0 Å². The minimum absolute atomic E-state index is 0.198. The SMILES string of the molecule is CCOC(C)CSc1ccc(F)c(Br)c1.Fc1cc2ccsc2cc1Br.Fc1ccc2sccc2c1Br. The highest BCUT2D eigenvalue weighted by molar-refractivity contribution is 9.11. The Kier molecular flexibility index (Phi) is 12.5. The van der Waals surface area contributed by atoms with Crippen molar-refractivity contribution in [1.82, 2.24) is 0 Å². The quantitative estimate of drug-likeness (QED) is 0.165. The predicted molar refractivity (Wildman–Crippen MR) is 165 cm³/mol. The Hall–Kier alpha value is -0.880. The Morgan fingerprint density at radius 2 is 1.49 bits per heavy atom. The zero-order valence-corrected chi connectivity index (χ0v) is 27.0. The minimum Gasteiger partial charge on any atom is -0.378 e. The zero-order valence-electron chi connectivity index (χ0n) is 19.7. The van der Waals surface area contributed by atoms with Crippen LogP contribution >= 0.6 is 82.2 Å². The van der Waals surface area contributed by atoms with Gasteiger partial charge in [0.1, 0.15) is 17.5 Å². The number of halogens is 6. The van der Waals surface area contributed by atoms with Crippen molar-refractivity contribution in [2.24, 2.45) is 0 Å². The fraction of sp³-hybridized carbons (Fsp3) is 0.185. The van der Waals surface area contributed by atoms with E-state index in [0.29, 0.717) is 13.4 Å². The van der Waals surface area contributed by atoms with Gasteiger partial charge in [-0.1, -0.05) is 0 Å². The van der Waals surface area contributed by atoms with Gasteiger partial charge in [0.25, 0.3) is 0 Å². The molecule has 0 spiro atoms. The maximum absolute atomic E-state index is 12.9. The Balaban J connectivity index is 0.000000156. The second kappa shape index (κ2) is 15.1. The first kappa shape index (κ1) is 30.7. The Morgan fingerprint density at radius 3 is 2.22 bits per heavy atom. The third-order valence-electron chi connectivity index (χ3n) is 4.84. The molecule has 0 aliphatic rings. The van der Waals surface area contributed by atoms with E-state index in [1.807, 2.05) is 36.7 Å². The molecule has 1 unspecified atom stereocenters. The lowest BCUT2D eigenvalue weighted by molar-refractivity contribution is 0.0932. The number of ether oxygens (including phenoxy) is 1. The molecule has 5 rings (SSSR count). The van der Waals surface area contributed by atoms with Gasteiger partial charge in [0.15, 0.2) is 0 Å². The zero-order chi connectivity index (χ0) is 26.9. The average molecular weight is 755 g/mol. The van der Waals surface area contributed by atoms with E-state index in [1.165, 1.54) is 18.2 Å². The smallest absolute Gasteiger partial charge is 0.138 e. The number of benzene rings is 3. The van der Waals surface area contributed by atoms with Gasteiger partial charge in [-0.25, -0.2) is 13.2 Å². The van der Waals surface area contributed by atoms with E-state index < -0.39 is 0 Å². The van der Waals surface area contributed by atoms with E-state index in [0.717, 1.165) is 37.4 Å². The van der Waals surface area contributed by atoms with E-state index in [1.54, 1.807) is 58.7 Å². The number of fused-ring (bicyclic) bond motifs is 2. The molecule has 1 atom stereocenters. The molecule has 1 nitrogen and oxygen atoms in total. The molecule has 0 N–H and O–H groups in total. The van der Waals surface area contributed by atoms with Gasteiger partial charge in [0, 0.05) is 32.0 Å². The first-order valence-corrected chi connectivity index (χ1v) is 16.1. The summed E-state index contributed by atoms with van der Waals surface area (Å²) in [5, 5.41) is 5.83. The van der Waals surface area contributed by atoms with Crippen LogP contribution in [0.5, 0.6) is 0 Å². The molecule has 0 saturated carbocycles. The normalized spacial score (nSPS) is 11.6. The van der Waals surface area contributed by atoms with Crippen molar-refractivity contribution in [2.75, 3.05) is 12.4 Å². The van der Waals surface area contributed by atoms with Crippen molar-refractivity contribution in [1.29, 1.82) is 0 Å². The average Bonchev–Trinajstić information content (AvgIpc) is 3.53. The van der Waals surface area contributed by atoms with Crippen molar-refractivity contribution >= 4 is 102 Å². The molecule has 2 aromatic heterocycles. The van der Waals surface area contributed by atoms with Gasteiger partial charge in [-0.15, -0.1) is 34.4 Å². The Bertz CT molecular complexity index is 1420. The monoisotopic (exact) mass is 752 g/mol. The highest BCUT2D eigenvalue weighted by Gasteiger charge is 2.05. The van der Waals surface area contributed by atoms with Crippen molar-refractivity contribution in [2.45, 2.75) is 24.8 Å². The van der Waals surface area contributed by atoms with E-state index in [-0.39, 0.29) is 23.6 Å². The summed E-state index contributed by atoms with van der Waals surface area (Å²) < 4.78 is 47.9. The molecule has 2 heterocycles. The number of thioether (sulfide) groups is 1. The summed E-state index contributed by atoms with van der Waals surface area (Å²) >= 11 is 14.4. The fourth-order valence-electron chi connectivity index (χ4n) is 3.05. The largest absolute Gasteiger partial charge is 0.378 e. The van der Waals surface area contributed by atoms with Crippen LogP contribution in [0.1, 0.15) is 13.8 Å².